The summed E-state index contributed by atoms with van der Waals surface area (Å²) in [5.74, 6) is 0. The summed E-state index contributed by atoms with van der Waals surface area (Å²) in [6.45, 7) is 2.06. The van der Waals surface area contributed by atoms with Crippen LogP contribution in [0.1, 0.15) is 11.1 Å². The molecule has 0 fully saturated rings. The predicted octanol–water partition coefficient (Wildman–Crippen LogP) is 4.20. The van der Waals surface area contributed by atoms with Crippen molar-refractivity contribution >= 4 is 27.8 Å². The summed E-state index contributed by atoms with van der Waals surface area (Å²) in [5, 5.41) is 4.19. The smallest absolute Gasteiger partial charge is 0.0564 e. The Kier molecular flexibility index (Phi) is 3.94. The quantitative estimate of drug-likeness (QED) is 0.664. The second kappa shape index (κ2) is 5.64. The van der Waals surface area contributed by atoms with Gasteiger partial charge in [-0.25, -0.2) is 0 Å². The molecule has 0 saturated heterocycles. The van der Waals surface area contributed by atoms with Crippen LogP contribution in [0.2, 0.25) is 0 Å². The second-order valence-electron chi connectivity index (χ2n) is 3.79. The summed E-state index contributed by atoms with van der Waals surface area (Å²) in [4.78, 5) is 0. The third-order valence-corrected chi connectivity index (χ3v) is 2.82. The molecule has 0 aliphatic heterocycles. The molecule has 0 aliphatic rings. The summed E-state index contributed by atoms with van der Waals surface area (Å²) in [6, 6.07) is 16.1. The van der Waals surface area contributed by atoms with E-state index in [9.17, 15) is 0 Å². The highest BCUT2D eigenvalue weighted by atomic mass is 79.9. The van der Waals surface area contributed by atoms with Gasteiger partial charge in [0.2, 0.25) is 0 Å². The van der Waals surface area contributed by atoms with Crippen LogP contribution in [-0.4, -0.2) is 6.21 Å². The van der Waals surface area contributed by atoms with Gasteiger partial charge in [-0.1, -0.05) is 40.2 Å². The number of hydrazone groups is 1. The molecule has 0 aromatic heterocycles. The molecule has 0 unspecified atom stereocenters. The molecule has 0 atom stereocenters. The minimum absolute atomic E-state index is 0.998. The van der Waals surface area contributed by atoms with Crippen molar-refractivity contribution in [2.45, 2.75) is 6.92 Å². The van der Waals surface area contributed by atoms with Gasteiger partial charge < -0.3 is 0 Å². The number of rotatable bonds is 3. The lowest BCUT2D eigenvalue weighted by Gasteiger charge is -2.00. The maximum absolute atomic E-state index is 4.19. The molecular formula is C14H13BrN2. The van der Waals surface area contributed by atoms with E-state index in [-0.39, 0.29) is 0 Å². The number of aryl methyl sites for hydroxylation is 1. The number of hydrogen-bond acceptors (Lipinski definition) is 2. The minimum atomic E-state index is 0.998. The topological polar surface area (TPSA) is 24.4 Å². The van der Waals surface area contributed by atoms with E-state index in [1.165, 1.54) is 5.56 Å². The molecule has 0 heterocycles. The standard InChI is InChI=1S/C14H13BrN2/c1-11-3-2-4-14(9-11)17-16-10-12-5-7-13(15)8-6-12/h2-10,17H,1H3. The Morgan fingerprint density at radius 2 is 1.88 bits per heavy atom. The zero-order valence-corrected chi connectivity index (χ0v) is 11.1. The molecule has 0 amide bonds. The average molecular weight is 289 g/mol. The van der Waals surface area contributed by atoms with Crippen molar-refractivity contribution in [2.75, 3.05) is 5.43 Å². The maximum Gasteiger partial charge on any atom is 0.0564 e. The zero-order chi connectivity index (χ0) is 12.1. The first kappa shape index (κ1) is 11.9. The lowest BCUT2D eigenvalue weighted by Crippen LogP contribution is -1.90. The summed E-state index contributed by atoms with van der Waals surface area (Å²) in [6.07, 6.45) is 1.80. The van der Waals surface area contributed by atoms with E-state index in [1.54, 1.807) is 6.21 Å². The summed E-state index contributed by atoms with van der Waals surface area (Å²) < 4.78 is 1.07. The van der Waals surface area contributed by atoms with Gasteiger partial charge in [0.1, 0.15) is 0 Å². The van der Waals surface area contributed by atoms with Gasteiger partial charge in [-0.15, -0.1) is 0 Å². The Bertz CT molecular complexity index is 518. The highest BCUT2D eigenvalue weighted by molar-refractivity contribution is 9.10. The summed E-state index contributed by atoms with van der Waals surface area (Å²) in [5.41, 5.74) is 6.28. The first-order chi connectivity index (χ1) is 8.24. The molecule has 2 rings (SSSR count). The van der Waals surface area contributed by atoms with Crippen LogP contribution in [0.5, 0.6) is 0 Å². The molecule has 1 N–H and O–H groups in total. The van der Waals surface area contributed by atoms with Crippen molar-refractivity contribution in [1.82, 2.24) is 0 Å². The predicted molar refractivity (Wildman–Crippen MR) is 76.5 cm³/mol. The van der Waals surface area contributed by atoms with Crippen LogP contribution in [0.25, 0.3) is 0 Å². The Morgan fingerprint density at radius 3 is 2.59 bits per heavy atom. The van der Waals surface area contributed by atoms with Crippen molar-refractivity contribution in [3.05, 3.63) is 64.1 Å². The van der Waals surface area contributed by atoms with Crippen LogP contribution >= 0.6 is 15.9 Å². The molecule has 0 saturated carbocycles. The van der Waals surface area contributed by atoms with Crippen LogP contribution in [0.3, 0.4) is 0 Å². The Hall–Kier alpha value is -1.61. The SMILES string of the molecule is Cc1cccc(NN=Cc2ccc(Br)cc2)c1. The lowest BCUT2D eigenvalue weighted by atomic mass is 10.2. The third kappa shape index (κ3) is 3.71. The van der Waals surface area contributed by atoms with Crippen LogP contribution in [0, 0.1) is 6.92 Å². The maximum atomic E-state index is 4.19. The fourth-order valence-electron chi connectivity index (χ4n) is 1.44. The van der Waals surface area contributed by atoms with Gasteiger partial charge in [-0.2, -0.15) is 5.10 Å². The van der Waals surface area contributed by atoms with E-state index in [4.69, 9.17) is 0 Å². The molecule has 2 nitrogen and oxygen atoms in total. The minimum Gasteiger partial charge on any atom is -0.278 e. The lowest BCUT2D eigenvalue weighted by molar-refractivity contribution is 1.33. The van der Waals surface area contributed by atoms with Gasteiger partial charge in [-0.05, 0) is 42.3 Å². The van der Waals surface area contributed by atoms with Gasteiger partial charge in [0.15, 0.2) is 0 Å². The van der Waals surface area contributed by atoms with Crippen molar-refractivity contribution in [3.8, 4) is 0 Å². The Morgan fingerprint density at radius 1 is 1.12 bits per heavy atom. The van der Waals surface area contributed by atoms with Crippen LogP contribution in [0.15, 0.2) is 58.1 Å². The zero-order valence-electron chi connectivity index (χ0n) is 9.52. The molecule has 86 valence electrons. The monoisotopic (exact) mass is 288 g/mol. The second-order valence-corrected chi connectivity index (χ2v) is 4.71. The van der Waals surface area contributed by atoms with E-state index >= 15 is 0 Å². The van der Waals surface area contributed by atoms with Gasteiger partial charge in [0.25, 0.3) is 0 Å². The number of halogens is 1. The largest absolute Gasteiger partial charge is 0.278 e. The number of hydrogen-bond donors (Lipinski definition) is 1. The highest BCUT2D eigenvalue weighted by Gasteiger charge is 1.90. The van der Waals surface area contributed by atoms with Crippen LogP contribution in [-0.2, 0) is 0 Å². The molecule has 2 aromatic carbocycles. The van der Waals surface area contributed by atoms with Gasteiger partial charge in [-0.3, -0.25) is 5.43 Å². The number of anilines is 1. The van der Waals surface area contributed by atoms with Gasteiger partial charge in [0.05, 0.1) is 11.9 Å². The summed E-state index contributed by atoms with van der Waals surface area (Å²) in [7, 11) is 0. The van der Waals surface area contributed by atoms with E-state index in [1.807, 2.05) is 36.4 Å². The number of nitrogens with one attached hydrogen (secondary N) is 1. The van der Waals surface area contributed by atoms with E-state index < -0.39 is 0 Å². The van der Waals surface area contributed by atoms with Crippen molar-refractivity contribution in [2.24, 2.45) is 5.10 Å². The van der Waals surface area contributed by atoms with E-state index in [0.717, 1.165) is 15.7 Å². The fourth-order valence-corrected chi connectivity index (χ4v) is 1.71. The molecule has 17 heavy (non-hydrogen) atoms. The summed E-state index contributed by atoms with van der Waals surface area (Å²) >= 11 is 3.40. The molecule has 0 aliphatic carbocycles. The molecule has 0 bridgehead atoms. The van der Waals surface area contributed by atoms with Crippen LogP contribution < -0.4 is 5.43 Å². The number of benzene rings is 2. The van der Waals surface area contributed by atoms with Crippen molar-refractivity contribution in [3.63, 3.8) is 0 Å². The van der Waals surface area contributed by atoms with Crippen molar-refractivity contribution < 1.29 is 0 Å². The third-order valence-electron chi connectivity index (χ3n) is 2.30. The number of nitrogens with zero attached hydrogens (tertiary/aromatic N) is 1. The first-order valence-corrected chi connectivity index (χ1v) is 6.15. The Labute approximate surface area is 110 Å². The van der Waals surface area contributed by atoms with E-state index in [2.05, 4.69) is 45.5 Å². The molecule has 2 aromatic rings. The average Bonchev–Trinajstić information content (AvgIpc) is 2.32. The van der Waals surface area contributed by atoms with Gasteiger partial charge in [0, 0.05) is 4.47 Å². The van der Waals surface area contributed by atoms with E-state index in [0.29, 0.717) is 0 Å². The highest BCUT2D eigenvalue weighted by Crippen LogP contribution is 2.10. The Balaban J connectivity index is 2.00. The van der Waals surface area contributed by atoms with Crippen LogP contribution in [0.4, 0.5) is 5.69 Å². The molecule has 3 heteroatoms. The van der Waals surface area contributed by atoms with Gasteiger partial charge >= 0.3 is 0 Å². The first-order valence-electron chi connectivity index (χ1n) is 5.35. The normalized spacial score (nSPS) is 10.7. The molecule has 0 radical (unpaired) electrons. The molecular weight excluding hydrogens is 276 g/mol. The fraction of sp³-hybridized carbons (Fsp3) is 0.0714. The van der Waals surface area contributed by atoms with Crippen molar-refractivity contribution in [1.29, 1.82) is 0 Å². The molecule has 0 spiro atoms.